The van der Waals surface area contributed by atoms with Crippen LogP contribution in [-0.2, 0) is 11.2 Å². The van der Waals surface area contributed by atoms with E-state index in [2.05, 4.69) is 20.3 Å². The van der Waals surface area contributed by atoms with Crippen LogP contribution < -0.4 is 16.0 Å². The minimum atomic E-state index is -1.09. The number of hydrogen-bond acceptors (Lipinski definition) is 6. The van der Waals surface area contributed by atoms with E-state index in [1.165, 1.54) is 18.6 Å². The summed E-state index contributed by atoms with van der Waals surface area (Å²) in [5.74, 6) is -0.801. The van der Waals surface area contributed by atoms with Gasteiger partial charge in [-0.1, -0.05) is 30.3 Å². The van der Waals surface area contributed by atoms with Crippen molar-refractivity contribution in [2.45, 2.75) is 12.6 Å². The van der Waals surface area contributed by atoms with Gasteiger partial charge in [-0.25, -0.2) is 9.98 Å². The van der Waals surface area contributed by atoms with Gasteiger partial charge in [0, 0.05) is 35.8 Å². The van der Waals surface area contributed by atoms with Crippen LogP contribution in [0.15, 0.2) is 66.0 Å². The molecule has 1 aromatic heterocycles. The zero-order valence-corrected chi connectivity index (χ0v) is 15.9. The second-order valence-electron chi connectivity index (χ2n) is 7.13. The molecule has 0 fully saturated rings. The second-order valence-corrected chi connectivity index (χ2v) is 7.13. The van der Waals surface area contributed by atoms with Crippen molar-refractivity contribution in [3.8, 4) is 0 Å². The molecule has 0 radical (unpaired) electrons. The summed E-state index contributed by atoms with van der Waals surface area (Å²) in [7, 11) is 0. The summed E-state index contributed by atoms with van der Waals surface area (Å²) >= 11 is 0. The fourth-order valence-corrected chi connectivity index (χ4v) is 3.91. The Morgan fingerprint density at radius 1 is 1.17 bits per heavy atom. The Morgan fingerprint density at radius 3 is 2.77 bits per heavy atom. The molecule has 2 aliphatic heterocycles. The summed E-state index contributed by atoms with van der Waals surface area (Å²) in [6.45, 7) is 0.514. The topological polar surface area (TPSA) is 114 Å². The fourth-order valence-electron chi connectivity index (χ4n) is 3.91. The Bertz CT molecular complexity index is 1180. The van der Waals surface area contributed by atoms with E-state index < -0.39 is 12.1 Å². The molecule has 3 N–H and O–H groups in total. The quantitative estimate of drug-likeness (QED) is 0.650. The molecule has 30 heavy (non-hydrogen) atoms. The molecule has 3 heterocycles. The van der Waals surface area contributed by atoms with Crippen molar-refractivity contribution in [1.29, 1.82) is 0 Å². The first-order chi connectivity index (χ1) is 14.6. The molecule has 8 heteroatoms. The lowest BCUT2D eigenvalue weighted by atomic mass is 9.97. The van der Waals surface area contributed by atoms with Gasteiger partial charge in [0.05, 0.1) is 17.6 Å². The molecular formula is C22H18N6O2. The van der Waals surface area contributed by atoms with Crippen molar-refractivity contribution in [2.24, 2.45) is 4.99 Å². The van der Waals surface area contributed by atoms with E-state index in [4.69, 9.17) is 5.73 Å². The normalized spacial score (nSPS) is 17.2. The summed E-state index contributed by atoms with van der Waals surface area (Å²) in [6.07, 6.45) is 3.86. The molecule has 0 aliphatic carbocycles. The van der Waals surface area contributed by atoms with Crippen LogP contribution in [0.25, 0.3) is 0 Å². The molecule has 0 bridgehead atoms. The molecule has 0 unspecified atom stereocenters. The number of amides is 2. The van der Waals surface area contributed by atoms with Crippen LogP contribution in [0.2, 0.25) is 0 Å². The average molecular weight is 398 g/mol. The third kappa shape index (κ3) is 2.98. The van der Waals surface area contributed by atoms with Crippen molar-refractivity contribution in [2.75, 3.05) is 17.2 Å². The van der Waals surface area contributed by atoms with Crippen molar-refractivity contribution in [3.05, 3.63) is 83.4 Å². The number of nitrogens with one attached hydrogen (secondary N) is 1. The van der Waals surface area contributed by atoms with Gasteiger partial charge in [-0.2, -0.15) is 0 Å². The fraction of sp³-hybridized carbons (Fsp3) is 0.136. The maximum Gasteiger partial charge on any atom is 0.273 e. The van der Waals surface area contributed by atoms with E-state index in [0.717, 1.165) is 22.4 Å². The summed E-state index contributed by atoms with van der Waals surface area (Å²) in [5.41, 5.74) is 10.9. The molecule has 2 amide bonds. The summed E-state index contributed by atoms with van der Waals surface area (Å²) in [5, 5.41) is 2.71. The zero-order valence-electron chi connectivity index (χ0n) is 15.9. The standard InChI is InChI=1S/C22H18N6O2/c23-15-10-14-6-9-28-19(14)16(11-15)18(13-4-2-1-3-5-13)26-20(22(28)30)27-21(29)17-12-24-7-8-25-17/h1-5,7-8,10-12,20H,6,9,23H2,(H,27,29)/t20-/m0/s1. The number of nitrogen functional groups attached to an aromatic ring is 1. The maximum absolute atomic E-state index is 13.3. The van der Waals surface area contributed by atoms with E-state index in [-0.39, 0.29) is 11.6 Å². The van der Waals surface area contributed by atoms with Crippen molar-refractivity contribution >= 4 is 28.9 Å². The molecule has 0 saturated heterocycles. The molecule has 148 valence electrons. The molecule has 3 aromatic rings. The Hall–Kier alpha value is -4.07. The lowest BCUT2D eigenvalue weighted by Gasteiger charge is -2.21. The number of benzene rings is 2. The van der Waals surface area contributed by atoms with Crippen molar-refractivity contribution < 1.29 is 9.59 Å². The number of carbonyl (C=O) groups excluding carboxylic acids is 2. The van der Waals surface area contributed by atoms with Crippen LogP contribution in [0.3, 0.4) is 0 Å². The predicted molar refractivity (Wildman–Crippen MR) is 112 cm³/mol. The van der Waals surface area contributed by atoms with Gasteiger partial charge in [-0.05, 0) is 24.1 Å². The molecule has 5 rings (SSSR count). The van der Waals surface area contributed by atoms with Crippen LogP contribution in [0.5, 0.6) is 0 Å². The van der Waals surface area contributed by atoms with Crippen molar-refractivity contribution in [1.82, 2.24) is 15.3 Å². The summed E-state index contributed by atoms with van der Waals surface area (Å²) in [4.78, 5) is 40.3. The monoisotopic (exact) mass is 398 g/mol. The number of carbonyl (C=O) groups is 2. The highest BCUT2D eigenvalue weighted by Gasteiger charge is 2.37. The van der Waals surface area contributed by atoms with Crippen LogP contribution in [0, 0.1) is 0 Å². The van der Waals surface area contributed by atoms with E-state index in [9.17, 15) is 9.59 Å². The van der Waals surface area contributed by atoms with Gasteiger partial charge in [-0.3, -0.25) is 14.6 Å². The molecule has 0 saturated carbocycles. The summed E-state index contributed by atoms with van der Waals surface area (Å²) in [6, 6.07) is 13.3. The maximum atomic E-state index is 13.3. The third-order valence-electron chi connectivity index (χ3n) is 5.21. The molecule has 2 aromatic carbocycles. The van der Waals surface area contributed by atoms with Gasteiger partial charge in [0.15, 0.2) is 0 Å². The number of anilines is 2. The number of hydrogen-bond donors (Lipinski definition) is 2. The van der Waals surface area contributed by atoms with Gasteiger partial charge in [0.2, 0.25) is 6.17 Å². The number of aromatic nitrogens is 2. The van der Waals surface area contributed by atoms with E-state index >= 15 is 0 Å². The first-order valence-electron chi connectivity index (χ1n) is 9.56. The molecule has 2 aliphatic rings. The highest BCUT2D eigenvalue weighted by atomic mass is 16.2. The minimum absolute atomic E-state index is 0.120. The Balaban J connectivity index is 1.64. The zero-order chi connectivity index (χ0) is 20.7. The first-order valence-corrected chi connectivity index (χ1v) is 9.56. The van der Waals surface area contributed by atoms with Gasteiger partial charge in [0.25, 0.3) is 11.8 Å². The Labute approximate surface area is 172 Å². The van der Waals surface area contributed by atoms with Crippen LogP contribution in [0.1, 0.15) is 27.2 Å². The Morgan fingerprint density at radius 2 is 2.00 bits per heavy atom. The third-order valence-corrected chi connectivity index (χ3v) is 5.21. The van der Waals surface area contributed by atoms with Crippen LogP contribution in [-0.4, -0.2) is 40.2 Å². The number of nitrogens with two attached hydrogens (primary N) is 1. The van der Waals surface area contributed by atoms with Gasteiger partial charge >= 0.3 is 0 Å². The Kier molecular flexibility index (Phi) is 4.24. The van der Waals surface area contributed by atoms with Crippen LogP contribution >= 0.6 is 0 Å². The number of nitrogens with zero attached hydrogens (tertiary/aromatic N) is 4. The molecule has 0 spiro atoms. The molecule has 8 nitrogen and oxygen atoms in total. The molecule has 1 atom stereocenters. The van der Waals surface area contributed by atoms with Gasteiger partial charge < -0.3 is 16.0 Å². The lowest BCUT2D eigenvalue weighted by molar-refractivity contribution is -0.120. The minimum Gasteiger partial charge on any atom is -0.399 e. The van der Waals surface area contributed by atoms with Crippen LogP contribution in [0.4, 0.5) is 11.4 Å². The first kappa shape index (κ1) is 18.0. The van der Waals surface area contributed by atoms with E-state index in [0.29, 0.717) is 24.4 Å². The predicted octanol–water partition coefficient (Wildman–Crippen LogP) is 1.55. The largest absolute Gasteiger partial charge is 0.399 e. The number of aliphatic imine (C=N–C) groups is 1. The second kappa shape index (κ2) is 7.07. The smallest absolute Gasteiger partial charge is 0.273 e. The number of rotatable bonds is 3. The van der Waals surface area contributed by atoms with Crippen molar-refractivity contribution in [3.63, 3.8) is 0 Å². The van der Waals surface area contributed by atoms with E-state index in [1.54, 1.807) is 4.90 Å². The molecular weight excluding hydrogens is 380 g/mol. The van der Waals surface area contributed by atoms with E-state index in [1.807, 2.05) is 42.5 Å². The lowest BCUT2D eigenvalue weighted by Crippen LogP contribution is -2.47. The highest BCUT2D eigenvalue weighted by molar-refractivity contribution is 6.21. The van der Waals surface area contributed by atoms with Gasteiger partial charge in [-0.15, -0.1) is 0 Å². The summed E-state index contributed by atoms with van der Waals surface area (Å²) < 4.78 is 0. The average Bonchev–Trinajstić information content (AvgIpc) is 3.16. The van der Waals surface area contributed by atoms with Gasteiger partial charge in [0.1, 0.15) is 5.69 Å². The highest BCUT2D eigenvalue weighted by Crippen LogP contribution is 2.37. The SMILES string of the molecule is Nc1cc2c3c(c1)C(c1ccccc1)=N[C@@H](NC(=O)c1cnccn1)C(=O)N3CC2.